The van der Waals surface area contributed by atoms with Gasteiger partial charge in [-0.05, 0) is 61.4 Å². The summed E-state index contributed by atoms with van der Waals surface area (Å²) >= 11 is 0. The van der Waals surface area contributed by atoms with Gasteiger partial charge in [-0.25, -0.2) is 0 Å². The van der Waals surface area contributed by atoms with Crippen LogP contribution in [-0.4, -0.2) is 17.7 Å². The van der Waals surface area contributed by atoms with Gasteiger partial charge in [0, 0.05) is 24.1 Å². The van der Waals surface area contributed by atoms with E-state index in [0.717, 1.165) is 16.8 Å². The van der Waals surface area contributed by atoms with Gasteiger partial charge in [0.15, 0.2) is 0 Å². The quantitative estimate of drug-likeness (QED) is 0.882. The monoisotopic (exact) mass is 322 g/mol. The highest BCUT2D eigenvalue weighted by Crippen LogP contribution is 2.23. The van der Waals surface area contributed by atoms with Gasteiger partial charge in [0.25, 0.3) is 5.91 Å². The first-order valence-electron chi connectivity index (χ1n) is 7.79. The van der Waals surface area contributed by atoms with Crippen LogP contribution in [0.1, 0.15) is 34.3 Å². The van der Waals surface area contributed by atoms with Gasteiger partial charge in [-0.3, -0.25) is 19.3 Å². The van der Waals surface area contributed by atoms with E-state index in [9.17, 15) is 14.4 Å². The fourth-order valence-corrected chi connectivity index (χ4v) is 2.88. The lowest BCUT2D eigenvalue weighted by atomic mass is 10.1. The van der Waals surface area contributed by atoms with Gasteiger partial charge in [-0.15, -0.1) is 0 Å². The predicted molar refractivity (Wildman–Crippen MR) is 92.0 cm³/mol. The van der Waals surface area contributed by atoms with Gasteiger partial charge >= 0.3 is 0 Å². The first kappa shape index (κ1) is 15.9. The van der Waals surface area contributed by atoms with Gasteiger partial charge in [-0.1, -0.05) is 6.07 Å². The van der Waals surface area contributed by atoms with Crippen LogP contribution in [0.25, 0.3) is 0 Å². The van der Waals surface area contributed by atoms with Crippen molar-refractivity contribution in [1.29, 1.82) is 0 Å². The molecule has 5 nitrogen and oxygen atoms in total. The molecule has 3 amide bonds. The Morgan fingerprint density at radius 1 is 0.917 bits per heavy atom. The number of carbonyl (C=O) groups is 3. The first-order chi connectivity index (χ1) is 11.4. The summed E-state index contributed by atoms with van der Waals surface area (Å²) in [6, 6.07) is 12.3. The first-order valence-corrected chi connectivity index (χ1v) is 7.79. The lowest BCUT2D eigenvalue weighted by Crippen LogP contribution is -2.28. The summed E-state index contributed by atoms with van der Waals surface area (Å²) < 4.78 is 0. The van der Waals surface area contributed by atoms with Gasteiger partial charge in [0.05, 0.1) is 5.69 Å². The molecule has 1 aliphatic heterocycles. The minimum absolute atomic E-state index is 0.201. The average molecular weight is 322 g/mol. The van der Waals surface area contributed by atoms with E-state index in [1.165, 1.54) is 4.90 Å². The number of amides is 3. The van der Waals surface area contributed by atoms with E-state index in [2.05, 4.69) is 5.32 Å². The minimum Gasteiger partial charge on any atom is -0.322 e. The summed E-state index contributed by atoms with van der Waals surface area (Å²) in [7, 11) is 0. The molecule has 2 aromatic rings. The van der Waals surface area contributed by atoms with Crippen molar-refractivity contribution in [3.05, 3.63) is 59.2 Å². The zero-order valence-corrected chi connectivity index (χ0v) is 13.6. The van der Waals surface area contributed by atoms with Crippen LogP contribution >= 0.6 is 0 Å². The van der Waals surface area contributed by atoms with E-state index >= 15 is 0 Å². The summed E-state index contributed by atoms with van der Waals surface area (Å²) in [4.78, 5) is 37.0. The smallest absolute Gasteiger partial charge is 0.255 e. The van der Waals surface area contributed by atoms with E-state index in [0.29, 0.717) is 11.3 Å². The van der Waals surface area contributed by atoms with Crippen molar-refractivity contribution in [2.75, 3.05) is 10.2 Å². The molecule has 0 radical (unpaired) electrons. The third kappa shape index (κ3) is 3.20. The maximum Gasteiger partial charge on any atom is 0.255 e. The summed E-state index contributed by atoms with van der Waals surface area (Å²) in [6.45, 7) is 3.95. The Hall–Kier alpha value is -2.95. The fraction of sp³-hybridized carbons (Fsp3) is 0.211. The molecule has 24 heavy (non-hydrogen) atoms. The number of rotatable bonds is 3. The fourth-order valence-electron chi connectivity index (χ4n) is 2.88. The summed E-state index contributed by atoms with van der Waals surface area (Å²) in [5.41, 5.74) is 3.87. The molecule has 122 valence electrons. The van der Waals surface area contributed by atoms with E-state index in [1.807, 2.05) is 32.0 Å². The molecule has 0 aromatic heterocycles. The summed E-state index contributed by atoms with van der Waals surface area (Å²) in [6.07, 6.45) is 0.488. The third-order valence-corrected chi connectivity index (χ3v) is 3.92. The van der Waals surface area contributed by atoms with E-state index in [4.69, 9.17) is 0 Å². The van der Waals surface area contributed by atoms with Crippen LogP contribution in [0.2, 0.25) is 0 Å². The van der Waals surface area contributed by atoms with Crippen molar-refractivity contribution in [2.24, 2.45) is 0 Å². The summed E-state index contributed by atoms with van der Waals surface area (Å²) in [5, 5.41) is 2.86. The van der Waals surface area contributed by atoms with E-state index in [1.54, 1.807) is 24.3 Å². The molecule has 1 saturated heterocycles. The van der Waals surface area contributed by atoms with Gasteiger partial charge in [0.1, 0.15) is 0 Å². The predicted octanol–water partition coefficient (Wildman–Crippen LogP) is 3.21. The van der Waals surface area contributed by atoms with Crippen LogP contribution in [0.3, 0.4) is 0 Å². The van der Waals surface area contributed by atoms with Crippen LogP contribution in [0.15, 0.2) is 42.5 Å². The lowest BCUT2D eigenvalue weighted by Gasteiger charge is -2.14. The van der Waals surface area contributed by atoms with Crippen LogP contribution in [-0.2, 0) is 9.59 Å². The van der Waals surface area contributed by atoms with Crippen molar-refractivity contribution in [3.8, 4) is 0 Å². The zero-order chi connectivity index (χ0) is 17.3. The number of aryl methyl sites for hydroxylation is 2. The number of nitrogens with one attached hydrogen (secondary N) is 1. The molecule has 1 fully saturated rings. The third-order valence-electron chi connectivity index (χ3n) is 3.92. The van der Waals surface area contributed by atoms with Crippen LogP contribution in [0, 0.1) is 13.8 Å². The Bertz CT molecular complexity index is 789. The molecule has 1 N–H and O–H groups in total. The van der Waals surface area contributed by atoms with Crippen LogP contribution in [0.4, 0.5) is 11.4 Å². The second kappa shape index (κ2) is 6.28. The molecule has 0 aliphatic carbocycles. The number of carbonyl (C=O) groups excluding carboxylic acids is 3. The molecule has 0 atom stereocenters. The number of anilines is 2. The Morgan fingerprint density at radius 2 is 1.46 bits per heavy atom. The number of nitrogens with zero attached hydrogens (tertiary/aromatic N) is 1. The second-order valence-corrected chi connectivity index (χ2v) is 6.00. The molecule has 2 aromatic carbocycles. The van der Waals surface area contributed by atoms with Crippen molar-refractivity contribution < 1.29 is 14.4 Å². The molecule has 0 bridgehead atoms. The highest BCUT2D eigenvalue weighted by Gasteiger charge is 2.30. The highest BCUT2D eigenvalue weighted by molar-refractivity contribution is 6.20. The molecule has 0 saturated carbocycles. The summed E-state index contributed by atoms with van der Waals surface area (Å²) in [5.74, 6) is -0.634. The Morgan fingerprint density at radius 3 is 2.00 bits per heavy atom. The van der Waals surface area contributed by atoms with E-state index < -0.39 is 0 Å². The Balaban J connectivity index is 1.76. The second-order valence-electron chi connectivity index (χ2n) is 6.00. The average Bonchev–Trinajstić information content (AvgIpc) is 2.85. The standard InChI is InChI=1S/C19H18N2O3/c1-12-9-13(2)11-15(10-12)20-19(24)14-3-5-16(6-4-14)21-17(22)7-8-18(21)23/h3-6,9-11H,7-8H2,1-2H3,(H,20,24). The van der Waals surface area contributed by atoms with Gasteiger partial charge in [-0.2, -0.15) is 0 Å². The Labute approximate surface area is 140 Å². The normalized spacial score (nSPS) is 14.2. The Kier molecular flexibility index (Phi) is 4.16. The molecule has 0 spiro atoms. The van der Waals surface area contributed by atoms with Crippen molar-refractivity contribution in [2.45, 2.75) is 26.7 Å². The topological polar surface area (TPSA) is 66.5 Å². The van der Waals surface area contributed by atoms with Crippen molar-refractivity contribution in [3.63, 3.8) is 0 Å². The number of benzene rings is 2. The SMILES string of the molecule is Cc1cc(C)cc(NC(=O)c2ccc(N3C(=O)CCC3=O)cc2)c1. The molecule has 1 aliphatic rings. The van der Waals surface area contributed by atoms with Crippen LogP contribution in [0.5, 0.6) is 0 Å². The number of hydrogen-bond donors (Lipinski definition) is 1. The lowest BCUT2D eigenvalue weighted by molar-refractivity contribution is -0.121. The van der Waals surface area contributed by atoms with E-state index in [-0.39, 0.29) is 30.6 Å². The van der Waals surface area contributed by atoms with Crippen LogP contribution < -0.4 is 10.2 Å². The van der Waals surface area contributed by atoms with Crippen molar-refractivity contribution in [1.82, 2.24) is 0 Å². The highest BCUT2D eigenvalue weighted by atomic mass is 16.2. The van der Waals surface area contributed by atoms with Gasteiger partial charge in [0.2, 0.25) is 11.8 Å². The largest absolute Gasteiger partial charge is 0.322 e. The minimum atomic E-state index is -0.231. The molecular formula is C19H18N2O3. The zero-order valence-electron chi connectivity index (χ0n) is 13.6. The molecule has 5 heteroatoms. The number of hydrogen-bond acceptors (Lipinski definition) is 3. The maximum absolute atomic E-state index is 12.3. The maximum atomic E-state index is 12.3. The number of imide groups is 1. The molecular weight excluding hydrogens is 304 g/mol. The molecule has 3 rings (SSSR count). The molecule has 0 unspecified atom stereocenters. The molecule has 1 heterocycles. The van der Waals surface area contributed by atoms with Gasteiger partial charge < -0.3 is 5.32 Å². The van der Waals surface area contributed by atoms with Crippen molar-refractivity contribution >= 4 is 29.1 Å².